The Kier molecular flexibility index (Phi) is 4.49. The van der Waals surface area contributed by atoms with Crippen molar-refractivity contribution in [3.05, 3.63) is 28.7 Å². The number of hydrogen-bond acceptors (Lipinski definition) is 2. The van der Waals surface area contributed by atoms with Gasteiger partial charge in [-0.25, -0.2) is 0 Å². The van der Waals surface area contributed by atoms with E-state index in [2.05, 4.69) is 21.2 Å². The zero-order valence-electron chi connectivity index (χ0n) is 8.74. The Balaban J connectivity index is 2.55. The highest BCUT2D eigenvalue weighted by atomic mass is 79.9. The number of nitrogens with one attached hydrogen (secondary N) is 1. The maximum Gasteiger partial charge on any atom is 0.306 e. The van der Waals surface area contributed by atoms with Crippen molar-refractivity contribution in [1.82, 2.24) is 0 Å². The number of aliphatic carboxylic acids is 1. The average molecular weight is 286 g/mol. The fourth-order valence-corrected chi connectivity index (χ4v) is 1.54. The second kappa shape index (κ2) is 5.65. The standard InChI is InChI=1S/C11H12BrNO3/c1-7(11(15)16)5-10(14)13-9-4-2-3-8(12)6-9/h2-4,6-7H,5H2,1H3,(H,13,14)(H,15,16). The fourth-order valence-electron chi connectivity index (χ4n) is 1.14. The quantitative estimate of drug-likeness (QED) is 0.893. The topological polar surface area (TPSA) is 66.4 Å². The highest BCUT2D eigenvalue weighted by molar-refractivity contribution is 9.10. The Morgan fingerprint density at radius 3 is 2.75 bits per heavy atom. The predicted molar refractivity (Wildman–Crippen MR) is 64.2 cm³/mol. The van der Waals surface area contributed by atoms with Crippen LogP contribution in [0, 0.1) is 5.92 Å². The molecule has 0 saturated carbocycles. The number of carbonyl (C=O) groups is 2. The van der Waals surface area contributed by atoms with Crippen molar-refractivity contribution < 1.29 is 14.7 Å². The maximum absolute atomic E-state index is 11.4. The molecule has 0 aliphatic rings. The van der Waals surface area contributed by atoms with Gasteiger partial charge in [0.1, 0.15) is 0 Å². The second-order valence-corrected chi connectivity index (χ2v) is 4.42. The maximum atomic E-state index is 11.4. The zero-order chi connectivity index (χ0) is 12.1. The molecule has 1 aromatic carbocycles. The number of anilines is 1. The molecule has 0 radical (unpaired) electrons. The van der Waals surface area contributed by atoms with Gasteiger partial charge >= 0.3 is 5.97 Å². The summed E-state index contributed by atoms with van der Waals surface area (Å²) in [4.78, 5) is 22.0. The lowest BCUT2D eigenvalue weighted by molar-refractivity contribution is -0.142. The van der Waals surface area contributed by atoms with E-state index in [1.165, 1.54) is 6.92 Å². The first kappa shape index (κ1) is 12.7. The third-order valence-corrected chi connectivity index (χ3v) is 2.51. The van der Waals surface area contributed by atoms with Gasteiger partial charge in [-0.2, -0.15) is 0 Å². The first-order valence-corrected chi connectivity index (χ1v) is 5.56. The molecule has 0 saturated heterocycles. The molecule has 86 valence electrons. The summed E-state index contributed by atoms with van der Waals surface area (Å²) in [5, 5.41) is 11.3. The van der Waals surface area contributed by atoms with Crippen LogP contribution in [-0.4, -0.2) is 17.0 Å². The van der Waals surface area contributed by atoms with Gasteiger partial charge in [0.05, 0.1) is 5.92 Å². The molecule has 0 spiro atoms. The van der Waals surface area contributed by atoms with Crippen LogP contribution in [0.25, 0.3) is 0 Å². The summed E-state index contributed by atoms with van der Waals surface area (Å²) in [6.45, 7) is 1.50. The van der Waals surface area contributed by atoms with E-state index in [1.54, 1.807) is 18.2 Å². The van der Waals surface area contributed by atoms with E-state index in [1.807, 2.05) is 6.07 Å². The summed E-state index contributed by atoms with van der Waals surface area (Å²) in [6.07, 6.45) is -0.0259. The lowest BCUT2D eigenvalue weighted by Crippen LogP contribution is -2.19. The lowest BCUT2D eigenvalue weighted by Gasteiger charge is -2.07. The molecule has 1 atom stereocenters. The minimum atomic E-state index is -0.968. The number of hydrogen-bond donors (Lipinski definition) is 2. The molecule has 0 fully saturated rings. The third kappa shape index (κ3) is 4.02. The number of amides is 1. The van der Waals surface area contributed by atoms with Gasteiger partial charge in [-0.1, -0.05) is 28.9 Å². The van der Waals surface area contributed by atoms with Crippen LogP contribution in [0.1, 0.15) is 13.3 Å². The highest BCUT2D eigenvalue weighted by Gasteiger charge is 2.15. The Bertz CT molecular complexity index is 406. The largest absolute Gasteiger partial charge is 0.481 e. The summed E-state index contributed by atoms with van der Waals surface area (Å²) >= 11 is 3.28. The van der Waals surface area contributed by atoms with E-state index in [0.29, 0.717) is 5.69 Å². The Morgan fingerprint density at radius 1 is 1.50 bits per heavy atom. The molecular weight excluding hydrogens is 274 g/mol. The lowest BCUT2D eigenvalue weighted by atomic mass is 10.1. The third-order valence-electron chi connectivity index (χ3n) is 2.02. The minimum Gasteiger partial charge on any atom is -0.481 e. The van der Waals surface area contributed by atoms with Gasteiger partial charge in [0.2, 0.25) is 5.91 Å². The Morgan fingerprint density at radius 2 is 2.19 bits per heavy atom. The Labute approximate surface area is 102 Å². The van der Waals surface area contributed by atoms with Crippen LogP contribution >= 0.6 is 15.9 Å². The molecule has 5 heteroatoms. The van der Waals surface area contributed by atoms with Crippen LogP contribution in [0.3, 0.4) is 0 Å². The van der Waals surface area contributed by atoms with Gasteiger partial charge in [0.25, 0.3) is 0 Å². The predicted octanol–water partition coefficient (Wildman–Crippen LogP) is 2.50. The highest BCUT2D eigenvalue weighted by Crippen LogP contribution is 2.16. The van der Waals surface area contributed by atoms with Gasteiger partial charge in [0, 0.05) is 16.6 Å². The molecule has 0 aliphatic heterocycles. The number of benzene rings is 1. The van der Waals surface area contributed by atoms with E-state index < -0.39 is 11.9 Å². The minimum absolute atomic E-state index is 0.0259. The van der Waals surface area contributed by atoms with Crippen LogP contribution in [0.5, 0.6) is 0 Å². The van der Waals surface area contributed by atoms with Gasteiger partial charge < -0.3 is 10.4 Å². The molecule has 1 rings (SSSR count). The molecule has 0 aliphatic carbocycles. The van der Waals surface area contributed by atoms with Crippen LogP contribution < -0.4 is 5.32 Å². The van der Waals surface area contributed by atoms with E-state index in [0.717, 1.165) is 4.47 Å². The van der Waals surface area contributed by atoms with E-state index in [9.17, 15) is 9.59 Å². The summed E-state index contributed by atoms with van der Waals surface area (Å²) in [5.74, 6) is -1.94. The fraction of sp³-hybridized carbons (Fsp3) is 0.273. The molecular formula is C11H12BrNO3. The molecule has 1 amide bonds. The molecule has 1 aromatic rings. The van der Waals surface area contributed by atoms with Crippen LogP contribution in [0.2, 0.25) is 0 Å². The van der Waals surface area contributed by atoms with Gasteiger partial charge in [-0.3, -0.25) is 9.59 Å². The number of rotatable bonds is 4. The molecule has 0 aromatic heterocycles. The molecule has 0 heterocycles. The molecule has 0 bridgehead atoms. The van der Waals surface area contributed by atoms with Gasteiger partial charge in [0.15, 0.2) is 0 Å². The summed E-state index contributed by atoms with van der Waals surface area (Å²) < 4.78 is 0.858. The SMILES string of the molecule is CC(CC(=O)Nc1cccc(Br)c1)C(=O)O. The average Bonchev–Trinajstić information content (AvgIpc) is 2.16. The first-order valence-electron chi connectivity index (χ1n) is 4.77. The van der Waals surface area contributed by atoms with Crippen molar-refractivity contribution in [3.8, 4) is 0 Å². The van der Waals surface area contributed by atoms with Crippen molar-refractivity contribution in [2.45, 2.75) is 13.3 Å². The van der Waals surface area contributed by atoms with E-state index >= 15 is 0 Å². The first-order chi connectivity index (χ1) is 7.49. The Hall–Kier alpha value is -1.36. The number of carboxylic acid groups (broad SMARTS) is 1. The zero-order valence-corrected chi connectivity index (χ0v) is 10.3. The van der Waals surface area contributed by atoms with Gasteiger partial charge in [-0.05, 0) is 18.2 Å². The normalized spacial score (nSPS) is 11.9. The van der Waals surface area contributed by atoms with Crippen molar-refractivity contribution >= 4 is 33.5 Å². The second-order valence-electron chi connectivity index (χ2n) is 3.50. The van der Waals surface area contributed by atoms with E-state index in [4.69, 9.17) is 5.11 Å². The molecule has 1 unspecified atom stereocenters. The molecule has 16 heavy (non-hydrogen) atoms. The van der Waals surface area contributed by atoms with Crippen molar-refractivity contribution in [1.29, 1.82) is 0 Å². The van der Waals surface area contributed by atoms with Gasteiger partial charge in [-0.15, -0.1) is 0 Å². The summed E-state index contributed by atoms with van der Waals surface area (Å²) in [5.41, 5.74) is 0.650. The van der Waals surface area contributed by atoms with Crippen LogP contribution in [-0.2, 0) is 9.59 Å². The molecule has 2 N–H and O–H groups in total. The monoisotopic (exact) mass is 285 g/mol. The van der Waals surface area contributed by atoms with E-state index in [-0.39, 0.29) is 12.3 Å². The van der Waals surface area contributed by atoms with Crippen molar-refractivity contribution in [2.24, 2.45) is 5.92 Å². The summed E-state index contributed by atoms with van der Waals surface area (Å²) in [7, 11) is 0. The van der Waals surface area contributed by atoms with Crippen molar-refractivity contribution in [2.75, 3.05) is 5.32 Å². The summed E-state index contributed by atoms with van der Waals surface area (Å²) in [6, 6.07) is 7.13. The smallest absolute Gasteiger partial charge is 0.306 e. The van der Waals surface area contributed by atoms with Crippen molar-refractivity contribution in [3.63, 3.8) is 0 Å². The number of carboxylic acids is 1. The number of carbonyl (C=O) groups excluding carboxylic acids is 1. The molecule has 4 nitrogen and oxygen atoms in total. The number of halogens is 1. The van der Waals surface area contributed by atoms with Crippen LogP contribution in [0.4, 0.5) is 5.69 Å². The van der Waals surface area contributed by atoms with Crippen LogP contribution in [0.15, 0.2) is 28.7 Å².